The lowest BCUT2D eigenvalue weighted by molar-refractivity contribution is -0.104. The summed E-state index contributed by atoms with van der Waals surface area (Å²) in [6.07, 6.45) is 1.45. The van der Waals surface area contributed by atoms with Crippen LogP contribution in [0.2, 0.25) is 0 Å². The van der Waals surface area contributed by atoms with Gasteiger partial charge in [-0.05, 0) is 48.7 Å². The molecule has 0 aliphatic carbocycles. The summed E-state index contributed by atoms with van der Waals surface area (Å²) in [6, 6.07) is 10.9. The van der Waals surface area contributed by atoms with Gasteiger partial charge in [-0.2, -0.15) is 5.26 Å². The van der Waals surface area contributed by atoms with Crippen molar-refractivity contribution in [1.82, 2.24) is 4.57 Å². The predicted molar refractivity (Wildman–Crippen MR) is 98.3 cm³/mol. The first-order chi connectivity index (χ1) is 11.9. The van der Waals surface area contributed by atoms with Gasteiger partial charge in [0, 0.05) is 22.5 Å². The van der Waals surface area contributed by atoms with E-state index >= 15 is 0 Å². The molecule has 0 spiro atoms. The van der Waals surface area contributed by atoms with Gasteiger partial charge >= 0.3 is 0 Å². The van der Waals surface area contributed by atoms with E-state index < -0.39 is 0 Å². The average Bonchev–Trinajstić information content (AvgIpc) is 2.89. The maximum atomic E-state index is 13.7. The monoisotopic (exact) mass is 335 g/mol. The first-order valence-electron chi connectivity index (χ1n) is 8.08. The zero-order valence-electron chi connectivity index (χ0n) is 14.5. The van der Waals surface area contributed by atoms with Crippen LogP contribution >= 0.6 is 0 Å². The van der Waals surface area contributed by atoms with Crippen LogP contribution in [-0.4, -0.2) is 10.8 Å². The van der Waals surface area contributed by atoms with Gasteiger partial charge in [-0.3, -0.25) is 5.41 Å². The molecule has 25 heavy (non-hydrogen) atoms. The summed E-state index contributed by atoms with van der Waals surface area (Å²) in [6.45, 7) is 5.78. The molecule has 0 fully saturated rings. The van der Waals surface area contributed by atoms with E-state index in [0.29, 0.717) is 22.4 Å². The Hall–Kier alpha value is -3.13. The molecule has 0 bridgehead atoms. The van der Waals surface area contributed by atoms with E-state index in [1.807, 2.05) is 24.5 Å². The van der Waals surface area contributed by atoms with Crippen molar-refractivity contribution in [2.45, 2.75) is 26.7 Å². The third-order valence-electron chi connectivity index (χ3n) is 4.45. The van der Waals surface area contributed by atoms with Crippen LogP contribution in [0.5, 0.6) is 0 Å². The Morgan fingerprint density at radius 3 is 2.56 bits per heavy atom. The van der Waals surface area contributed by atoms with Crippen LogP contribution in [-0.2, 0) is 0 Å². The quantitative estimate of drug-likeness (QED) is 0.570. The molecular formula is C20H20FN4+. The Labute approximate surface area is 145 Å². The van der Waals surface area contributed by atoms with Crippen LogP contribution in [0, 0.1) is 24.1 Å². The summed E-state index contributed by atoms with van der Waals surface area (Å²) in [5.41, 5.74) is 10.9. The molecule has 126 valence electrons. The van der Waals surface area contributed by atoms with Gasteiger partial charge in [0.1, 0.15) is 11.9 Å². The van der Waals surface area contributed by atoms with Gasteiger partial charge in [0.2, 0.25) is 0 Å². The molecule has 0 aliphatic heterocycles. The topological polar surface area (TPSA) is 80.3 Å². The number of anilines is 1. The van der Waals surface area contributed by atoms with E-state index in [4.69, 9.17) is 11.1 Å². The van der Waals surface area contributed by atoms with Crippen LogP contribution in [0.25, 0.3) is 16.6 Å². The molecule has 4 nitrogen and oxygen atoms in total. The zero-order chi connectivity index (χ0) is 18.3. The summed E-state index contributed by atoms with van der Waals surface area (Å²) in [5, 5.41) is 16.2. The molecule has 0 amide bonds. The van der Waals surface area contributed by atoms with Crippen molar-refractivity contribution < 1.29 is 9.80 Å². The van der Waals surface area contributed by atoms with Gasteiger partial charge in [0.15, 0.2) is 6.21 Å². The van der Waals surface area contributed by atoms with E-state index in [0.717, 1.165) is 22.3 Å². The minimum Gasteiger partial charge on any atom is -0.398 e. The second kappa shape index (κ2) is 6.06. The van der Waals surface area contributed by atoms with Crippen molar-refractivity contribution in [1.29, 1.82) is 5.26 Å². The largest absolute Gasteiger partial charge is 0.398 e. The van der Waals surface area contributed by atoms with E-state index in [9.17, 15) is 9.65 Å². The average molecular weight is 335 g/mol. The Kier molecular flexibility index (Phi) is 4.05. The number of aromatic nitrogens is 1. The number of hydrogen-bond acceptors (Lipinski definition) is 2. The molecule has 0 atom stereocenters. The van der Waals surface area contributed by atoms with Crippen LogP contribution < -0.4 is 11.1 Å². The molecule has 4 N–H and O–H groups in total. The van der Waals surface area contributed by atoms with Gasteiger partial charge < -0.3 is 10.3 Å². The number of benzene rings is 2. The van der Waals surface area contributed by atoms with Crippen LogP contribution in [0.1, 0.15) is 42.1 Å². The fraction of sp³-hybridized carbons (Fsp3) is 0.200. The molecule has 0 radical (unpaired) electrons. The molecule has 3 rings (SSSR count). The fourth-order valence-corrected chi connectivity index (χ4v) is 3.24. The van der Waals surface area contributed by atoms with E-state index in [2.05, 4.69) is 6.07 Å². The second-order valence-corrected chi connectivity index (χ2v) is 6.46. The third kappa shape index (κ3) is 2.56. The number of nitrogens with zero attached hydrogens (tertiary/aromatic N) is 2. The number of nitrogen functional groups attached to an aromatic ring is 1. The van der Waals surface area contributed by atoms with E-state index in [1.54, 1.807) is 25.1 Å². The maximum absolute atomic E-state index is 13.7. The normalized spacial score (nSPS) is 11.0. The van der Waals surface area contributed by atoms with Gasteiger partial charge in [-0.25, -0.2) is 4.39 Å². The molecule has 1 heterocycles. The number of nitrogens with two attached hydrogens (primary N) is 2. The molecular weight excluding hydrogens is 315 g/mol. The Balaban J connectivity index is 2.50. The molecule has 5 heteroatoms. The van der Waals surface area contributed by atoms with Gasteiger partial charge in [-0.1, -0.05) is 13.8 Å². The van der Waals surface area contributed by atoms with E-state index in [1.165, 1.54) is 12.3 Å². The van der Waals surface area contributed by atoms with Crippen molar-refractivity contribution >= 4 is 22.8 Å². The highest BCUT2D eigenvalue weighted by Crippen LogP contribution is 2.35. The van der Waals surface area contributed by atoms with Crippen molar-refractivity contribution in [3.8, 4) is 11.8 Å². The summed E-state index contributed by atoms with van der Waals surface area (Å²) in [5.74, 6) is -0.161. The molecule has 0 unspecified atom stereocenters. The maximum Gasteiger partial charge on any atom is 0.169 e. The van der Waals surface area contributed by atoms with Crippen molar-refractivity contribution in [3.05, 3.63) is 58.5 Å². The van der Waals surface area contributed by atoms with Crippen molar-refractivity contribution in [3.63, 3.8) is 0 Å². The smallest absolute Gasteiger partial charge is 0.169 e. The van der Waals surface area contributed by atoms with Crippen molar-refractivity contribution in [2.75, 3.05) is 5.73 Å². The molecule has 3 aromatic rings. The highest BCUT2D eigenvalue weighted by molar-refractivity contribution is 5.98. The minimum absolute atomic E-state index is 0.0962. The number of hydrogen-bond donors (Lipinski definition) is 2. The van der Waals surface area contributed by atoms with Crippen LogP contribution in [0.15, 0.2) is 30.3 Å². The minimum atomic E-state index is -0.257. The highest BCUT2D eigenvalue weighted by atomic mass is 19.1. The summed E-state index contributed by atoms with van der Waals surface area (Å²) >= 11 is 0. The number of aryl methyl sites for hydroxylation is 1. The Bertz CT molecular complexity index is 1040. The molecule has 0 aliphatic rings. The second-order valence-electron chi connectivity index (χ2n) is 6.46. The SMILES string of the molecule is Cc1cc(-n2c(C(C)C)c(C#N)c3cc(N)c(C=[NH2+])cc32)ccc1F. The van der Waals surface area contributed by atoms with Crippen LogP contribution in [0.4, 0.5) is 10.1 Å². The first kappa shape index (κ1) is 16.7. The molecule has 0 saturated heterocycles. The van der Waals surface area contributed by atoms with Gasteiger partial charge in [0.05, 0.1) is 16.6 Å². The van der Waals surface area contributed by atoms with E-state index in [-0.39, 0.29) is 11.7 Å². The van der Waals surface area contributed by atoms with Gasteiger partial charge in [-0.15, -0.1) is 0 Å². The highest BCUT2D eigenvalue weighted by Gasteiger charge is 2.22. The molecule has 1 aromatic heterocycles. The van der Waals surface area contributed by atoms with Gasteiger partial charge in [0.25, 0.3) is 0 Å². The standard InChI is InChI=1S/C20H19FN4/c1-11(2)20-16(10-23)15-8-18(24)13(9-22)7-19(15)25(20)14-4-5-17(21)12(3)6-14/h4-9,11,22H,24H2,1-3H3/p+1. The Morgan fingerprint density at radius 2 is 2.00 bits per heavy atom. The third-order valence-corrected chi connectivity index (χ3v) is 4.45. The number of nitriles is 1. The van der Waals surface area contributed by atoms with Crippen molar-refractivity contribution in [2.24, 2.45) is 0 Å². The lowest BCUT2D eigenvalue weighted by atomic mass is 10.0. The van der Waals surface area contributed by atoms with Crippen LogP contribution in [0.3, 0.4) is 0 Å². The number of fused-ring (bicyclic) bond motifs is 1. The molecule has 2 aromatic carbocycles. The lowest BCUT2D eigenvalue weighted by Crippen LogP contribution is -2.30. The summed E-state index contributed by atoms with van der Waals surface area (Å²) in [7, 11) is 0. The molecule has 0 saturated carbocycles. The summed E-state index contributed by atoms with van der Waals surface area (Å²) in [4.78, 5) is 0. The summed E-state index contributed by atoms with van der Waals surface area (Å²) < 4.78 is 15.7. The zero-order valence-corrected chi connectivity index (χ0v) is 14.5. The predicted octanol–water partition coefficient (Wildman–Crippen LogP) is 2.83. The lowest BCUT2D eigenvalue weighted by Gasteiger charge is -2.15. The Morgan fingerprint density at radius 1 is 1.28 bits per heavy atom. The number of rotatable bonds is 3. The number of halogens is 1. The first-order valence-corrected chi connectivity index (χ1v) is 8.08. The fourth-order valence-electron chi connectivity index (χ4n) is 3.24.